The van der Waals surface area contributed by atoms with Gasteiger partial charge in [0.15, 0.2) is 0 Å². The Balaban J connectivity index is 2.02. The summed E-state index contributed by atoms with van der Waals surface area (Å²) < 4.78 is 5.72. The maximum atomic E-state index is 13.1. The largest absolute Gasteiger partial charge is 0.507 e. The van der Waals surface area contributed by atoms with E-state index in [0.29, 0.717) is 30.4 Å². The number of aliphatic hydroxyl groups excluding tert-OH is 1. The van der Waals surface area contributed by atoms with E-state index in [0.717, 1.165) is 30.4 Å². The van der Waals surface area contributed by atoms with Gasteiger partial charge in [0.2, 0.25) is 0 Å². The minimum absolute atomic E-state index is 0.148. The lowest BCUT2D eigenvalue weighted by Crippen LogP contribution is -2.31. The molecule has 0 spiro atoms. The number of ether oxygens (including phenoxy) is 1. The molecule has 0 bridgehead atoms. The standard InChI is InChI=1S/C27H33NO4/c1-5-6-9-16-28-24(22-11-8-7-10-19(22)4)23(26(30)27(28)31)25(29)20-12-14-21(15-13-20)32-17-18(2)3/h7-8,10-15,18,24,29H,5-6,9,16-17H2,1-4H3/b25-23-. The van der Waals surface area contributed by atoms with Gasteiger partial charge in [0.05, 0.1) is 18.2 Å². The molecule has 1 heterocycles. The molecule has 1 atom stereocenters. The zero-order valence-corrected chi connectivity index (χ0v) is 19.4. The molecule has 1 N–H and O–H groups in total. The summed E-state index contributed by atoms with van der Waals surface area (Å²) in [5, 5.41) is 11.2. The lowest BCUT2D eigenvalue weighted by Gasteiger charge is -2.26. The number of Topliss-reactive ketones (excluding diaryl/α,β-unsaturated/α-hetero) is 1. The van der Waals surface area contributed by atoms with Gasteiger partial charge in [-0.15, -0.1) is 0 Å². The van der Waals surface area contributed by atoms with Crippen molar-refractivity contribution in [3.05, 3.63) is 70.8 Å². The van der Waals surface area contributed by atoms with Crippen LogP contribution >= 0.6 is 0 Å². The van der Waals surface area contributed by atoms with E-state index in [9.17, 15) is 14.7 Å². The lowest BCUT2D eigenvalue weighted by molar-refractivity contribution is -0.139. The molecule has 5 heteroatoms. The van der Waals surface area contributed by atoms with E-state index >= 15 is 0 Å². The van der Waals surface area contributed by atoms with Crippen molar-refractivity contribution in [3.8, 4) is 5.75 Å². The molecule has 2 aromatic carbocycles. The van der Waals surface area contributed by atoms with Crippen molar-refractivity contribution in [1.29, 1.82) is 0 Å². The molecule has 3 rings (SSSR count). The Bertz CT molecular complexity index is 991. The van der Waals surface area contributed by atoms with Crippen LogP contribution in [0.3, 0.4) is 0 Å². The molecule has 1 aliphatic rings. The van der Waals surface area contributed by atoms with Crippen molar-refractivity contribution in [2.75, 3.05) is 13.2 Å². The van der Waals surface area contributed by atoms with Crippen LogP contribution in [0.4, 0.5) is 0 Å². The number of carbonyl (C=O) groups excluding carboxylic acids is 2. The van der Waals surface area contributed by atoms with Crippen LogP contribution < -0.4 is 4.74 Å². The lowest BCUT2D eigenvalue weighted by atomic mass is 9.92. The van der Waals surface area contributed by atoms with Crippen LogP contribution in [0.5, 0.6) is 5.75 Å². The van der Waals surface area contributed by atoms with Gasteiger partial charge < -0.3 is 14.7 Å². The molecular weight excluding hydrogens is 402 g/mol. The third kappa shape index (κ3) is 5.04. The van der Waals surface area contributed by atoms with E-state index in [1.165, 1.54) is 0 Å². The van der Waals surface area contributed by atoms with Gasteiger partial charge in [-0.05, 0) is 54.7 Å². The van der Waals surface area contributed by atoms with Crippen LogP contribution in [0.25, 0.3) is 5.76 Å². The topological polar surface area (TPSA) is 66.8 Å². The van der Waals surface area contributed by atoms with E-state index in [2.05, 4.69) is 20.8 Å². The molecule has 170 valence electrons. The summed E-state index contributed by atoms with van der Waals surface area (Å²) >= 11 is 0. The second-order valence-electron chi connectivity index (χ2n) is 8.79. The van der Waals surface area contributed by atoms with Crippen LogP contribution in [-0.2, 0) is 9.59 Å². The Morgan fingerprint density at radius 2 is 1.75 bits per heavy atom. The van der Waals surface area contributed by atoms with Crippen molar-refractivity contribution >= 4 is 17.4 Å². The van der Waals surface area contributed by atoms with Gasteiger partial charge in [0.1, 0.15) is 11.5 Å². The highest BCUT2D eigenvalue weighted by atomic mass is 16.5. The van der Waals surface area contributed by atoms with Crippen LogP contribution in [0, 0.1) is 12.8 Å². The van der Waals surface area contributed by atoms with Crippen molar-refractivity contribution < 1.29 is 19.4 Å². The van der Waals surface area contributed by atoms with Crippen molar-refractivity contribution in [2.45, 2.75) is 53.0 Å². The normalized spacial score (nSPS) is 17.9. The summed E-state index contributed by atoms with van der Waals surface area (Å²) in [6.45, 7) is 9.29. The van der Waals surface area contributed by atoms with Gasteiger partial charge in [0, 0.05) is 12.1 Å². The number of aliphatic hydroxyl groups is 1. The summed E-state index contributed by atoms with van der Waals surface area (Å²) in [6.07, 6.45) is 2.80. The fourth-order valence-electron chi connectivity index (χ4n) is 3.99. The number of ketones is 1. The minimum Gasteiger partial charge on any atom is -0.507 e. The van der Waals surface area contributed by atoms with E-state index < -0.39 is 17.7 Å². The van der Waals surface area contributed by atoms with E-state index in [4.69, 9.17) is 4.74 Å². The molecule has 1 aliphatic heterocycles. The van der Waals surface area contributed by atoms with Gasteiger partial charge in [-0.2, -0.15) is 0 Å². The minimum atomic E-state index is -0.632. The maximum Gasteiger partial charge on any atom is 0.295 e. The first kappa shape index (κ1) is 23.6. The number of rotatable bonds is 9. The molecule has 1 amide bonds. The first-order valence-corrected chi connectivity index (χ1v) is 11.4. The molecule has 1 saturated heterocycles. The second-order valence-corrected chi connectivity index (χ2v) is 8.79. The molecule has 0 radical (unpaired) electrons. The number of hydrogen-bond donors (Lipinski definition) is 1. The highest BCUT2D eigenvalue weighted by molar-refractivity contribution is 6.46. The van der Waals surface area contributed by atoms with Crippen LogP contribution in [0.15, 0.2) is 54.1 Å². The van der Waals surface area contributed by atoms with Crippen molar-refractivity contribution in [1.82, 2.24) is 4.90 Å². The predicted octanol–water partition coefficient (Wildman–Crippen LogP) is 5.64. The number of aryl methyl sites for hydroxylation is 1. The van der Waals surface area contributed by atoms with Gasteiger partial charge in [-0.1, -0.05) is 57.9 Å². The molecule has 1 fully saturated rings. The van der Waals surface area contributed by atoms with E-state index in [-0.39, 0.29) is 11.3 Å². The number of nitrogens with zero attached hydrogens (tertiary/aromatic N) is 1. The molecular formula is C27H33NO4. The number of carbonyl (C=O) groups is 2. The van der Waals surface area contributed by atoms with Crippen LogP contribution in [0.1, 0.15) is 62.8 Å². The van der Waals surface area contributed by atoms with Gasteiger partial charge in [0.25, 0.3) is 11.7 Å². The third-order valence-electron chi connectivity index (χ3n) is 5.74. The molecule has 0 aliphatic carbocycles. The van der Waals surface area contributed by atoms with E-state index in [1.807, 2.05) is 31.2 Å². The number of benzene rings is 2. The van der Waals surface area contributed by atoms with Gasteiger partial charge >= 0.3 is 0 Å². The van der Waals surface area contributed by atoms with Crippen LogP contribution in [0.2, 0.25) is 0 Å². The van der Waals surface area contributed by atoms with Gasteiger partial charge in [-0.25, -0.2) is 0 Å². The average molecular weight is 436 g/mol. The first-order chi connectivity index (χ1) is 15.3. The number of unbranched alkanes of at least 4 members (excludes halogenated alkanes) is 2. The molecule has 32 heavy (non-hydrogen) atoms. The fraction of sp³-hybridized carbons (Fsp3) is 0.407. The zero-order chi connectivity index (χ0) is 23.3. The second kappa shape index (κ2) is 10.5. The molecule has 5 nitrogen and oxygen atoms in total. The Hall–Kier alpha value is -3.08. The number of amides is 1. The maximum absolute atomic E-state index is 13.1. The summed E-state index contributed by atoms with van der Waals surface area (Å²) in [7, 11) is 0. The molecule has 0 aromatic heterocycles. The summed E-state index contributed by atoms with van der Waals surface area (Å²) in [6, 6.07) is 14.1. The SMILES string of the molecule is CCCCCN1C(=O)C(=O)/C(=C(\O)c2ccc(OCC(C)C)cc2)C1c1ccccc1C. The smallest absolute Gasteiger partial charge is 0.295 e. The number of likely N-dealkylation sites (tertiary alicyclic amines) is 1. The quantitative estimate of drug-likeness (QED) is 0.239. The van der Waals surface area contributed by atoms with E-state index in [1.54, 1.807) is 29.2 Å². The highest BCUT2D eigenvalue weighted by Gasteiger charge is 2.46. The molecule has 1 unspecified atom stereocenters. The summed E-state index contributed by atoms with van der Waals surface area (Å²) in [5.74, 6) is -0.225. The zero-order valence-electron chi connectivity index (χ0n) is 19.4. The molecule has 0 saturated carbocycles. The first-order valence-electron chi connectivity index (χ1n) is 11.4. The summed E-state index contributed by atoms with van der Waals surface area (Å²) in [5.41, 5.74) is 2.48. The third-order valence-corrected chi connectivity index (χ3v) is 5.74. The van der Waals surface area contributed by atoms with Crippen molar-refractivity contribution in [3.63, 3.8) is 0 Å². The number of hydrogen-bond acceptors (Lipinski definition) is 4. The Morgan fingerprint density at radius 1 is 1.06 bits per heavy atom. The monoisotopic (exact) mass is 435 g/mol. The van der Waals surface area contributed by atoms with Crippen LogP contribution in [-0.4, -0.2) is 34.8 Å². The average Bonchev–Trinajstić information content (AvgIpc) is 3.03. The van der Waals surface area contributed by atoms with Gasteiger partial charge in [-0.3, -0.25) is 9.59 Å². The Kier molecular flexibility index (Phi) is 7.73. The summed E-state index contributed by atoms with van der Waals surface area (Å²) in [4.78, 5) is 27.6. The predicted molar refractivity (Wildman–Crippen MR) is 126 cm³/mol. The highest BCUT2D eigenvalue weighted by Crippen LogP contribution is 2.40. The molecule has 2 aromatic rings. The van der Waals surface area contributed by atoms with Crippen molar-refractivity contribution in [2.24, 2.45) is 5.92 Å². The Morgan fingerprint density at radius 3 is 2.38 bits per heavy atom. The Labute approximate surface area is 190 Å². The fourth-order valence-corrected chi connectivity index (χ4v) is 3.99.